The maximum atomic E-state index is 12.6. The molecule has 1 aliphatic heterocycles. The number of carbonyl (C=O) groups excluding carboxylic acids is 1. The third kappa shape index (κ3) is 3.70. The van der Waals surface area contributed by atoms with Crippen molar-refractivity contribution in [2.24, 2.45) is 0 Å². The van der Waals surface area contributed by atoms with Gasteiger partial charge in [-0.3, -0.25) is 9.78 Å². The van der Waals surface area contributed by atoms with Gasteiger partial charge in [0.05, 0.1) is 17.9 Å². The number of anilines is 1. The van der Waals surface area contributed by atoms with Gasteiger partial charge in [0.25, 0.3) is 5.91 Å². The van der Waals surface area contributed by atoms with E-state index in [1.165, 1.54) is 0 Å². The van der Waals surface area contributed by atoms with Crippen LogP contribution in [0.4, 0.5) is 5.69 Å². The summed E-state index contributed by atoms with van der Waals surface area (Å²) in [6, 6.07) is 1.94. The van der Waals surface area contributed by atoms with Gasteiger partial charge in [0.15, 0.2) is 0 Å². The highest BCUT2D eigenvalue weighted by Gasteiger charge is 2.20. The van der Waals surface area contributed by atoms with Crippen molar-refractivity contribution >= 4 is 11.6 Å². The molecule has 2 heterocycles. The van der Waals surface area contributed by atoms with E-state index in [0.717, 1.165) is 43.9 Å². The zero-order valence-electron chi connectivity index (χ0n) is 12.3. The second-order valence-electron chi connectivity index (χ2n) is 5.06. The van der Waals surface area contributed by atoms with Gasteiger partial charge in [-0.15, -0.1) is 0 Å². The number of amides is 1. The highest BCUT2D eigenvalue weighted by atomic mass is 16.5. The van der Waals surface area contributed by atoms with Crippen LogP contribution in [-0.2, 0) is 4.74 Å². The predicted molar refractivity (Wildman–Crippen MR) is 79.1 cm³/mol. The molecule has 5 nitrogen and oxygen atoms in total. The van der Waals surface area contributed by atoms with E-state index in [-0.39, 0.29) is 5.91 Å². The number of ether oxygens (including phenoxy) is 1. The molecule has 20 heavy (non-hydrogen) atoms. The molecule has 1 aromatic rings. The summed E-state index contributed by atoms with van der Waals surface area (Å²) in [5, 5.41) is 3.32. The summed E-state index contributed by atoms with van der Waals surface area (Å²) >= 11 is 0. The second-order valence-corrected chi connectivity index (χ2v) is 5.06. The summed E-state index contributed by atoms with van der Waals surface area (Å²) in [6.45, 7) is 7.64. The van der Waals surface area contributed by atoms with Crippen molar-refractivity contribution < 1.29 is 9.53 Å². The SMILES string of the molecule is CCCNc1cc(C)ncc1C(=O)N1CCCOCC1. The first-order valence-electron chi connectivity index (χ1n) is 7.30. The van der Waals surface area contributed by atoms with Crippen molar-refractivity contribution in [3.63, 3.8) is 0 Å². The number of aryl methyl sites for hydroxylation is 1. The first kappa shape index (κ1) is 14.8. The number of nitrogens with zero attached hydrogens (tertiary/aromatic N) is 2. The zero-order chi connectivity index (χ0) is 14.4. The second kappa shape index (κ2) is 7.24. The van der Waals surface area contributed by atoms with Crippen LogP contribution in [0.2, 0.25) is 0 Å². The molecule has 1 fully saturated rings. The molecular weight excluding hydrogens is 254 g/mol. The lowest BCUT2D eigenvalue weighted by molar-refractivity contribution is 0.0742. The van der Waals surface area contributed by atoms with Crippen molar-refractivity contribution in [3.05, 3.63) is 23.5 Å². The minimum absolute atomic E-state index is 0.0432. The summed E-state index contributed by atoms with van der Waals surface area (Å²) < 4.78 is 5.40. The molecule has 1 amide bonds. The lowest BCUT2D eigenvalue weighted by atomic mass is 10.1. The molecule has 110 valence electrons. The Morgan fingerprint density at radius 2 is 2.30 bits per heavy atom. The molecule has 0 saturated carbocycles. The Morgan fingerprint density at radius 3 is 3.10 bits per heavy atom. The Bertz CT molecular complexity index is 454. The van der Waals surface area contributed by atoms with Crippen LogP contribution in [0.15, 0.2) is 12.3 Å². The van der Waals surface area contributed by atoms with E-state index < -0.39 is 0 Å². The van der Waals surface area contributed by atoms with Gasteiger partial charge in [0.1, 0.15) is 0 Å². The van der Waals surface area contributed by atoms with E-state index in [9.17, 15) is 4.79 Å². The monoisotopic (exact) mass is 277 g/mol. The fourth-order valence-corrected chi connectivity index (χ4v) is 2.26. The molecule has 0 radical (unpaired) electrons. The highest BCUT2D eigenvalue weighted by molar-refractivity contribution is 5.99. The number of carbonyl (C=O) groups is 1. The standard InChI is InChI=1S/C15H23N3O2/c1-3-5-16-14-10-12(2)17-11-13(14)15(19)18-6-4-8-20-9-7-18/h10-11H,3-9H2,1-2H3,(H,16,17). The highest BCUT2D eigenvalue weighted by Crippen LogP contribution is 2.18. The van der Waals surface area contributed by atoms with Crippen molar-refractivity contribution in [3.8, 4) is 0 Å². The fraction of sp³-hybridized carbons (Fsp3) is 0.600. The Balaban J connectivity index is 2.18. The van der Waals surface area contributed by atoms with Crippen molar-refractivity contribution in [1.29, 1.82) is 0 Å². The van der Waals surface area contributed by atoms with E-state index in [4.69, 9.17) is 4.74 Å². The van der Waals surface area contributed by atoms with Crippen molar-refractivity contribution in [2.75, 3.05) is 38.2 Å². The van der Waals surface area contributed by atoms with E-state index in [1.807, 2.05) is 17.9 Å². The molecule has 5 heteroatoms. The molecule has 1 saturated heterocycles. The van der Waals surface area contributed by atoms with Gasteiger partial charge in [-0.1, -0.05) is 6.92 Å². The van der Waals surface area contributed by atoms with Crippen LogP contribution < -0.4 is 5.32 Å². The third-order valence-corrected chi connectivity index (χ3v) is 3.35. The smallest absolute Gasteiger partial charge is 0.257 e. The van der Waals surface area contributed by atoms with Gasteiger partial charge in [-0.05, 0) is 25.8 Å². The van der Waals surface area contributed by atoms with E-state index in [2.05, 4.69) is 17.2 Å². The quantitative estimate of drug-likeness (QED) is 0.915. The first-order chi connectivity index (χ1) is 9.72. The Hall–Kier alpha value is -1.62. The summed E-state index contributed by atoms with van der Waals surface area (Å²) in [6.07, 6.45) is 3.59. The summed E-state index contributed by atoms with van der Waals surface area (Å²) in [5.41, 5.74) is 2.46. The normalized spacial score (nSPS) is 15.8. The van der Waals surface area contributed by atoms with Crippen molar-refractivity contribution in [1.82, 2.24) is 9.88 Å². The predicted octanol–water partition coefficient (Wildman–Crippen LogP) is 2.07. The molecule has 2 rings (SSSR count). The van der Waals surface area contributed by atoms with Gasteiger partial charge >= 0.3 is 0 Å². The molecule has 1 aliphatic rings. The maximum Gasteiger partial charge on any atom is 0.257 e. The van der Waals surface area contributed by atoms with Gasteiger partial charge in [-0.25, -0.2) is 0 Å². The number of hydrogen-bond acceptors (Lipinski definition) is 4. The lowest BCUT2D eigenvalue weighted by Gasteiger charge is -2.21. The van der Waals surface area contributed by atoms with Gasteiger partial charge in [0, 0.05) is 38.1 Å². The lowest BCUT2D eigenvalue weighted by Crippen LogP contribution is -2.33. The van der Waals surface area contributed by atoms with E-state index in [0.29, 0.717) is 18.7 Å². The molecular formula is C15H23N3O2. The van der Waals surface area contributed by atoms with Crippen LogP contribution in [0, 0.1) is 6.92 Å². The third-order valence-electron chi connectivity index (χ3n) is 3.35. The molecule has 0 atom stereocenters. The Morgan fingerprint density at radius 1 is 1.45 bits per heavy atom. The van der Waals surface area contributed by atoms with Crippen molar-refractivity contribution in [2.45, 2.75) is 26.7 Å². The zero-order valence-corrected chi connectivity index (χ0v) is 12.3. The minimum Gasteiger partial charge on any atom is -0.384 e. The fourth-order valence-electron chi connectivity index (χ4n) is 2.26. The summed E-state index contributed by atoms with van der Waals surface area (Å²) in [5.74, 6) is 0.0432. The molecule has 0 aromatic carbocycles. The van der Waals surface area contributed by atoms with Crippen LogP contribution in [0.25, 0.3) is 0 Å². The van der Waals surface area contributed by atoms with Crippen LogP contribution in [-0.4, -0.2) is 48.6 Å². The van der Waals surface area contributed by atoms with Crippen LogP contribution in [0.3, 0.4) is 0 Å². The molecule has 0 aliphatic carbocycles. The first-order valence-corrected chi connectivity index (χ1v) is 7.30. The van der Waals surface area contributed by atoms with E-state index >= 15 is 0 Å². The van der Waals surface area contributed by atoms with Gasteiger partial charge in [-0.2, -0.15) is 0 Å². The summed E-state index contributed by atoms with van der Waals surface area (Å²) in [7, 11) is 0. The molecule has 0 spiro atoms. The largest absolute Gasteiger partial charge is 0.384 e. The average Bonchev–Trinajstić information content (AvgIpc) is 2.73. The molecule has 1 aromatic heterocycles. The van der Waals surface area contributed by atoms with Crippen LogP contribution in [0.1, 0.15) is 35.8 Å². The number of pyridine rings is 1. The van der Waals surface area contributed by atoms with Crippen LogP contribution >= 0.6 is 0 Å². The Labute approximate surface area is 120 Å². The molecule has 1 N–H and O–H groups in total. The molecule has 0 unspecified atom stereocenters. The number of nitrogens with one attached hydrogen (secondary N) is 1. The minimum atomic E-state index is 0.0432. The molecule has 0 bridgehead atoms. The number of aromatic nitrogens is 1. The maximum absolute atomic E-state index is 12.6. The topological polar surface area (TPSA) is 54.5 Å². The van der Waals surface area contributed by atoms with Gasteiger partial charge in [0.2, 0.25) is 0 Å². The number of hydrogen-bond donors (Lipinski definition) is 1. The average molecular weight is 277 g/mol. The number of rotatable bonds is 4. The van der Waals surface area contributed by atoms with E-state index in [1.54, 1.807) is 6.20 Å². The Kier molecular flexibility index (Phi) is 5.35. The summed E-state index contributed by atoms with van der Waals surface area (Å²) in [4.78, 5) is 18.8. The van der Waals surface area contributed by atoms with Crippen LogP contribution in [0.5, 0.6) is 0 Å². The van der Waals surface area contributed by atoms with Gasteiger partial charge < -0.3 is 15.0 Å².